The molecule has 1 heteroatoms. The lowest BCUT2D eigenvalue weighted by molar-refractivity contribution is 0.569. The topological polar surface area (TPSA) is 12.9 Å². The normalized spacial score (nSPS) is 14.1. The van der Waals surface area contributed by atoms with Gasteiger partial charge in [0.25, 0.3) is 0 Å². The molecule has 1 nitrogen and oxygen atoms in total. The zero-order valence-electron chi connectivity index (χ0n) is 29.2. The first-order chi connectivity index (χ1) is 23.5. The Morgan fingerprint density at radius 1 is 0.408 bits per heavy atom. The van der Waals surface area contributed by atoms with E-state index in [1.807, 2.05) is 0 Å². The first-order valence-electron chi connectivity index (χ1n) is 17.6. The lowest BCUT2D eigenvalue weighted by atomic mass is 9.70. The van der Waals surface area contributed by atoms with Crippen LogP contribution in [0.4, 0.5) is 0 Å². The van der Waals surface area contributed by atoms with E-state index in [9.17, 15) is 0 Å². The highest BCUT2D eigenvalue weighted by Gasteiger charge is 2.51. The molecule has 0 fully saturated rings. The van der Waals surface area contributed by atoms with Gasteiger partial charge in [0.15, 0.2) is 0 Å². The number of pyridine rings is 1. The minimum Gasteiger partial charge on any atom is -0.248 e. The Kier molecular flexibility index (Phi) is 6.31. The fourth-order valence-corrected chi connectivity index (χ4v) is 8.47. The van der Waals surface area contributed by atoms with Gasteiger partial charge in [0.05, 0.1) is 16.6 Å². The van der Waals surface area contributed by atoms with E-state index in [2.05, 4.69) is 181 Å². The molecule has 7 aromatic rings. The number of nitrogens with zero attached hydrogens (tertiary/aromatic N) is 1. The van der Waals surface area contributed by atoms with Gasteiger partial charge in [-0.15, -0.1) is 0 Å². The van der Waals surface area contributed by atoms with Crippen LogP contribution in [0.25, 0.3) is 55.5 Å². The maximum atomic E-state index is 5.35. The number of fused-ring (bicyclic) bond motifs is 11. The number of aromatic nitrogens is 1. The molecule has 238 valence electrons. The molecule has 0 radical (unpaired) electrons. The lowest BCUT2D eigenvalue weighted by Gasteiger charge is -2.30. The second-order valence-electron chi connectivity index (χ2n) is 16.0. The highest BCUT2D eigenvalue weighted by molar-refractivity contribution is 5.98. The van der Waals surface area contributed by atoms with Gasteiger partial charge in [-0.25, -0.2) is 4.98 Å². The quantitative estimate of drug-likeness (QED) is 0.185. The van der Waals surface area contributed by atoms with Crippen molar-refractivity contribution in [3.63, 3.8) is 0 Å². The molecule has 1 aromatic heterocycles. The smallest absolute Gasteiger partial charge is 0.0725 e. The average Bonchev–Trinajstić information content (AvgIpc) is 3.57. The Labute approximate surface area is 290 Å². The number of hydrogen-bond acceptors (Lipinski definition) is 1. The van der Waals surface area contributed by atoms with Crippen LogP contribution < -0.4 is 0 Å². The summed E-state index contributed by atoms with van der Waals surface area (Å²) in [5.41, 5.74) is 18.8. The van der Waals surface area contributed by atoms with E-state index in [4.69, 9.17) is 4.98 Å². The third-order valence-corrected chi connectivity index (χ3v) is 11.0. The zero-order chi connectivity index (χ0) is 33.7. The summed E-state index contributed by atoms with van der Waals surface area (Å²) >= 11 is 0. The van der Waals surface area contributed by atoms with E-state index in [1.165, 1.54) is 72.1 Å². The predicted octanol–water partition coefficient (Wildman–Crippen LogP) is 12.5. The summed E-state index contributed by atoms with van der Waals surface area (Å²) in [6.45, 7) is 13.8. The third-order valence-electron chi connectivity index (χ3n) is 11.0. The van der Waals surface area contributed by atoms with Gasteiger partial charge in [0, 0.05) is 10.9 Å². The average molecular weight is 632 g/mol. The maximum Gasteiger partial charge on any atom is 0.0725 e. The Hall–Kier alpha value is -5.27. The van der Waals surface area contributed by atoms with E-state index in [1.54, 1.807) is 0 Å². The van der Waals surface area contributed by atoms with E-state index >= 15 is 0 Å². The minimum absolute atomic E-state index is 0.0525. The molecule has 49 heavy (non-hydrogen) atoms. The first-order valence-corrected chi connectivity index (χ1v) is 17.6. The van der Waals surface area contributed by atoms with Gasteiger partial charge < -0.3 is 0 Å². The molecule has 0 saturated heterocycles. The molecule has 0 aliphatic heterocycles. The highest BCUT2D eigenvalue weighted by Crippen LogP contribution is 2.63. The maximum absolute atomic E-state index is 5.35. The fourth-order valence-electron chi connectivity index (χ4n) is 8.47. The van der Waals surface area contributed by atoms with Crippen LogP contribution in [0.2, 0.25) is 0 Å². The van der Waals surface area contributed by atoms with Crippen molar-refractivity contribution in [2.24, 2.45) is 0 Å². The molecule has 0 N–H and O–H groups in total. The Bertz CT molecular complexity index is 2370. The van der Waals surface area contributed by atoms with E-state index < -0.39 is 0 Å². The summed E-state index contributed by atoms with van der Waals surface area (Å²) in [5.74, 6) is 0. The molecule has 0 amide bonds. The number of benzene rings is 6. The van der Waals surface area contributed by atoms with Crippen LogP contribution in [0.3, 0.4) is 0 Å². The molecule has 2 aliphatic carbocycles. The molecule has 1 spiro atoms. The number of rotatable bonds is 2. The molecule has 0 bridgehead atoms. The monoisotopic (exact) mass is 631 g/mol. The molecule has 0 saturated carbocycles. The van der Waals surface area contributed by atoms with Crippen LogP contribution in [0.15, 0.2) is 140 Å². The molecular weight excluding hydrogens is 591 g/mol. The molecule has 6 aromatic carbocycles. The third kappa shape index (κ3) is 4.34. The van der Waals surface area contributed by atoms with Gasteiger partial charge in [0.2, 0.25) is 0 Å². The highest BCUT2D eigenvalue weighted by atomic mass is 14.7. The fraction of sp³-hybridized carbons (Fsp3) is 0.188. The van der Waals surface area contributed by atoms with Crippen molar-refractivity contribution in [1.29, 1.82) is 0 Å². The van der Waals surface area contributed by atoms with Crippen LogP contribution >= 0.6 is 0 Å². The summed E-state index contributed by atoms with van der Waals surface area (Å²) < 4.78 is 0. The molecule has 2 aliphatic rings. The van der Waals surface area contributed by atoms with Crippen LogP contribution in [0.5, 0.6) is 0 Å². The second kappa shape index (κ2) is 10.4. The largest absolute Gasteiger partial charge is 0.248 e. The molecule has 1 heterocycles. The van der Waals surface area contributed by atoms with Crippen molar-refractivity contribution in [2.75, 3.05) is 0 Å². The summed E-state index contributed by atoms with van der Waals surface area (Å²) in [7, 11) is 0. The predicted molar refractivity (Wildman–Crippen MR) is 206 cm³/mol. The molecule has 0 unspecified atom stereocenters. The van der Waals surface area contributed by atoms with Crippen LogP contribution in [0, 0.1) is 0 Å². The van der Waals surface area contributed by atoms with Crippen LogP contribution in [-0.2, 0) is 16.2 Å². The number of hydrogen-bond donors (Lipinski definition) is 0. The van der Waals surface area contributed by atoms with E-state index in [0.717, 1.165) is 16.8 Å². The summed E-state index contributed by atoms with van der Waals surface area (Å²) in [6.07, 6.45) is 0. The van der Waals surface area contributed by atoms with Crippen molar-refractivity contribution in [3.8, 4) is 44.6 Å². The molecular formula is C48H41N. The zero-order valence-corrected chi connectivity index (χ0v) is 29.2. The van der Waals surface area contributed by atoms with Crippen LogP contribution in [0.1, 0.15) is 74.9 Å². The summed E-state index contributed by atoms with van der Waals surface area (Å²) in [6, 6.07) is 52.2. The van der Waals surface area contributed by atoms with Gasteiger partial charge >= 0.3 is 0 Å². The standard InChI is InChI=1S/C48H41N/c1-46(2,3)32-26-31(27-33(29-32)47(4,5)6)34-17-13-21-45-39(34)24-25-44(49-45)30-22-23-38-37-16-9-12-20-42(37)48(43(38)28-30)40-18-10-7-14-35(40)36-15-8-11-19-41(36)48/h7-29H,1-6H3. The van der Waals surface area contributed by atoms with Crippen molar-refractivity contribution in [3.05, 3.63) is 173 Å². The lowest BCUT2D eigenvalue weighted by Crippen LogP contribution is -2.25. The first kappa shape index (κ1) is 29.8. The summed E-state index contributed by atoms with van der Waals surface area (Å²) in [5, 5.41) is 1.18. The van der Waals surface area contributed by atoms with Crippen molar-refractivity contribution < 1.29 is 0 Å². The SMILES string of the molecule is CC(C)(C)c1cc(-c2cccc3nc(-c4ccc5c(c4)C4(c6ccccc6-c6ccccc64)c4ccccc4-5)ccc23)cc(C(C)(C)C)c1. The second-order valence-corrected chi connectivity index (χ2v) is 16.0. The van der Waals surface area contributed by atoms with Gasteiger partial charge in [0.1, 0.15) is 0 Å². The van der Waals surface area contributed by atoms with Crippen molar-refractivity contribution in [1.82, 2.24) is 4.98 Å². The Morgan fingerprint density at radius 2 is 0.918 bits per heavy atom. The minimum atomic E-state index is -0.359. The van der Waals surface area contributed by atoms with E-state index in [-0.39, 0.29) is 16.2 Å². The molecule has 0 atom stereocenters. The van der Waals surface area contributed by atoms with Gasteiger partial charge in [-0.1, -0.05) is 163 Å². The Morgan fingerprint density at radius 3 is 1.47 bits per heavy atom. The summed E-state index contributed by atoms with van der Waals surface area (Å²) in [4.78, 5) is 5.35. The van der Waals surface area contributed by atoms with Crippen molar-refractivity contribution >= 4 is 10.9 Å². The van der Waals surface area contributed by atoms with Gasteiger partial charge in [-0.05, 0) is 95.8 Å². The van der Waals surface area contributed by atoms with Gasteiger partial charge in [-0.3, -0.25) is 0 Å². The Balaban J connectivity index is 1.22. The van der Waals surface area contributed by atoms with Crippen molar-refractivity contribution in [2.45, 2.75) is 57.8 Å². The molecule has 9 rings (SSSR count). The van der Waals surface area contributed by atoms with Crippen LogP contribution in [-0.4, -0.2) is 4.98 Å². The van der Waals surface area contributed by atoms with E-state index in [0.29, 0.717) is 0 Å². The van der Waals surface area contributed by atoms with Gasteiger partial charge in [-0.2, -0.15) is 0 Å².